The Morgan fingerprint density at radius 2 is 1.76 bits per heavy atom. The van der Waals surface area contributed by atoms with Crippen LogP contribution < -0.4 is 23.8 Å². The number of methoxy groups -OCH3 is 1. The quantitative estimate of drug-likeness (QED) is 0.486. The first-order valence-corrected chi connectivity index (χ1v) is 14.3. The Kier molecular flexibility index (Phi) is 9.14. The summed E-state index contributed by atoms with van der Waals surface area (Å²) in [6, 6.07) is 11.1. The summed E-state index contributed by atoms with van der Waals surface area (Å²) in [6.45, 7) is 7.72. The van der Waals surface area contributed by atoms with Gasteiger partial charge >= 0.3 is 0 Å². The fraction of sp³-hybridized carbons (Fsp3) is 0.481. The average molecular weight is 548 g/mol. The average Bonchev–Trinajstić information content (AvgIpc) is 2.85. The molecule has 3 rings (SSSR count). The molecule has 1 aliphatic rings. The SMILES string of the molecule is CCC(C(=O)NC(C)(C)C)N(Cc1cccc(OC)c1)C(=O)CN(c1ccc2c(c1)OCCO2)S(C)(=O)=O. The maximum absolute atomic E-state index is 13.8. The van der Waals surface area contributed by atoms with Crippen LogP contribution in [-0.4, -0.2) is 69.8 Å². The highest BCUT2D eigenvalue weighted by atomic mass is 32.2. The van der Waals surface area contributed by atoms with E-state index in [1.54, 1.807) is 43.5 Å². The Bertz CT molecular complexity index is 1260. The summed E-state index contributed by atoms with van der Waals surface area (Å²) in [6.07, 6.45) is 1.37. The van der Waals surface area contributed by atoms with Gasteiger partial charge in [-0.2, -0.15) is 0 Å². The highest BCUT2D eigenvalue weighted by molar-refractivity contribution is 7.92. The standard InChI is InChI=1S/C27H37N3O7S/c1-7-22(26(32)28-27(2,3)4)29(17-19-9-8-10-21(15-19)35-5)25(31)18-30(38(6,33)34)20-11-12-23-24(16-20)37-14-13-36-23/h8-12,15-16,22H,7,13-14,17-18H2,1-6H3,(H,28,32). The van der Waals surface area contributed by atoms with Gasteiger partial charge in [-0.05, 0) is 57.0 Å². The van der Waals surface area contributed by atoms with Crippen LogP contribution in [0.1, 0.15) is 39.7 Å². The lowest BCUT2D eigenvalue weighted by Crippen LogP contribution is -2.55. The van der Waals surface area contributed by atoms with Gasteiger partial charge < -0.3 is 24.4 Å². The molecule has 1 atom stereocenters. The number of hydrogen-bond acceptors (Lipinski definition) is 7. The van der Waals surface area contributed by atoms with E-state index in [0.717, 1.165) is 16.1 Å². The first kappa shape index (κ1) is 29.1. The van der Waals surface area contributed by atoms with Gasteiger partial charge in [0.25, 0.3) is 0 Å². The van der Waals surface area contributed by atoms with Gasteiger partial charge in [0.2, 0.25) is 21.8 Å². The van der Waals surface area contributed by atoms with Crippen molar-refractivity contribution in [3.8, 4) is 17.2 Å². The maximum atomic E-state index is 13.8. The second kappa shape index (κ2) is 11.9. The van der Waals surface area contributed by atoms with Crippen LogP contribution in [0.3, 0.4) is 0 Å². The summed E-state index contributed by atoms with van der Waals surface area (Å²) in [5, 5.41) is 2.94. The van der Waals surface area contributed by atoms with Gasteiger partial charge in [0.05, 0.1) is 19.1 Å². The summed E-state index contributed by atoms with van der Waals surface area (Å²) in [5.74, 6) is 0.671. The summed E-state index contributed by atoms with van der Waals surface area (Å²) in [4.78, 5) is 28.5. The van der Waals surface area contributed by atoms with Gasteiger partial charge in [0.1, 0.15) is 31.5 Å². The summed E-state index contributed by atoms with van der Waals surface area (Å²) >= 11 is 0. The molecule has 2 amide bonds. The van der Waals surface area contributed by atoms with Crippen molar-refractivity contribution in [1.29, 1.82) is 0 Å². The molecule has 11 heteroatoms. The minimum atomic E-state index is -3.87. The van der Waals surface area contributed by atoms with E-state index in [9.17, 15) is 18.0 Å². The van der Waals surface area contributed by atoms with Crippen molar-refractivity contribution >= 4 is 27.5 Å². The molecule has 0 aliphatic carbocycles. The third-order valence-electron chi connectivity index (χ3n) is 5.86. The summed E-state index contributed by atoms with van der Waals surface area (Å²) in [7, 11) is -2.32. The predicted octanol–water partition coefficient (Wildman–Crippen LogP) is 2.95. The number of carbonyl (C=O) groups excluding carboxylic acids is 2. The molecular weight excluding hydrogens is 510 g/mol. The monoisotopic (exact) mass is 547 g/mol. The largest absolute Gasteiger partial charge is 0.497 e. The predicted molar refractivity (Wildman–Crippen MR) is 145 cm³/mol. The molecule has 1 unspecified atom stereocenters. The van der Waals surface area contributed by atoms with Gasteiger partial charge in [-0.3, -0.25) is 13.9 Å². The van der Waals surface area contributed by atoms with Crippen LogP contribution in [0.5, 0.6) is 17.2 Å². The third kappa shape index (κ3) is 7.53. The van der Waals surface area contributed by atoms with Crippen molar-refractivity contribution < 1.29 is 32.2 Å². The number of fused-ring (bicyclic) bond motifs is 1. The van der Waals surface area contributed by atoms with E-state index in [0.29, 0.717) is 36.9 Å². The zero-order chi connectivity index (χ0) is 28.1. The van der Waals surface area contributed by atoms with Crippen molar-refractivity contribution in [2.75, 3.05) is 37.4 Å². The van der Waals surface area contributed by atoms with E-state index < -0.39 is 34.1 Å². The van der Waals surface area contributed by atoms with E-state index in [1.165, 1.54) is 4.90 Å². The molecule has 10 nitrogen and oxygen atoms in total. The lowest BCUT2D eigenvalue weighted by atomic mass is 10.1. The molecule has 0 bridgehead atoms. The van der Waals surface area contributed by atoms with Gasteiger partial charge in [-0.25, -0.2) is 8.42 Å². The Balaban J connectivity index is 1.98. The molecule has 0 aromatic heterocycles. The van der Waals surface area contributed by atoms with Crippen molar-refractivity contribution in [2.45, 2.75) is 52.2 Å². The van der Waals surface area contributed by atoms with Crippen LogP contribution in [0, 0.1) is 0 Å². The van der Waals surface area contributed by atoms with Crippen molar-refractivity contribution in [3.05, 3.63) is 48.0 Å². The first-order chi connectivity index (χ1) is 17.8. The van der Waals surface area contributed by atoms with Gasteiger partial charge in [-0.15, -0.1) is 0 Å². The number of hydrogen-bond donors (Lipinski definition) is 1. The highest BCUT2D eigenvalue weighted by Crippen LogP contribution is 2.34. The third-order valence-corrected chi connectivity index (χ3v) is 7.00. The summed E-state index contributed by atoms with van der Waals surface area (Å²) in [5.41, 5.74) is 0.489. The zero-order valence-electron chi connectivity index (χ0n) is 22.8. The van der Waals surface area contributed by atoms with Crippen LogP contribution in [-0.2, 0) is 26.2 Å². The molecule has 0 spiro atoms. The Labute approximate surface area is 224 Å². The Hall–Kier alpha value is -3.47. The molecular formula is C27H37N3O7S. The van der Waals surface area contributed by atoms with E-state index in [-0.39, 0.29) is 18.1 Å². The van der Waals surface area contributed by atoms with Gasteiger partial charge in [0, 0.05) is 18.2 Å². The van der Waals surface area contributed by atoms with Crippen LogP contribution in [0.2, 0.25) is 0 Å². The number of anilines is 1. The van der Waals surface area contributed by atoms with Crippen LogP contribution in [0.15, 0.2) is 42.5 Å². The molecule has 2 aromatic rings. The first-order valence-electron chi connectivity index (χ1n) is 12.4. The van der Waals surface area contributed by atoms with Gasteiger partial charge in [0.15, 0.2) is 11.5 Å². The number of benzene rings is 2. The van der Waals surface area contributed by atoms with Crippen LogP contribution >= 0.6 is 0 Å². The van der Waals surface area contributed by atoms with Crippen molar-refractivity contribution in [1.82, 2.24) is 10.2 Å². The molecule has 208 valence electrons. The summed E-state index contributed by atoms with van der Waals surface area (Å²) < 4.78 is 43.2. The number of sulfonamides is 1. The van der Waals surface area contributed by atoms with Crippen molar-refractivity contribution in [3.63, 3.8) is 0 Å². The van der Waals surface area contributed by atoms with Gasteiger partial charge in [-0.1, -0.05) is 19.1 Å². The van der Waals surface area contributed by atoms with Crippen LogP contribution in [0.4, 0.5) is 5.69 Å². The van der Waals surface area contributed by atoms with Crippen LogP contribution in [0.25, 0.3) is 0 Å². The molecule has 38 heavy (non-hydrogen) atoms. The molecule has 1 heterocycles. The number of nitrogens with zero attached hydrogens (tertiary/aromatic N) is 2. The normalized spacial score (nSPS) is 13.8. The van der Waals surface area contributed by atoms with E-state index in [1.807, 2.05) is 33.8 Å². The topological polar surface area (TPSA) is 114 Å². The van der Waals surface area contributed by atoms with Crippen molar-refractivity contribution in [2.24, 2.45) is 0 Å². The second-order valence-corrected chi connectivity index (χ2v) is 12.0. The maximum Gasteiger partial charge on any atom is 0.244 e. The molecule has 2 aromatic carbocycles. The molecule has 1 N–H and O–H groups in total. The number of rotatable bonds is 10. The number of amides is 2. The molecule has 1 aliphatic heterocycles. The number of ether oxygens (including phenoxy) is 3. The second-order valence-electron chi connectivity index (χ2n) is 10.1. The Morgan fingerprint density at radius 1 is 1.08 bits per heavy atom. The van der Waals surface area contributed by atoms with E-state index in [4.69, 9.17) is 14.2 Å². The molecule has 0 saturated heterocycles. The fourth-order valence-corrected chi connectivity index (χ4v) is 4.98. The van der Waals surface area contributed by atoms with E-state index in [2.05, 4.69) is 5.32 Å². The lowest BCUT2D eigenvalue weighted by molar-refractivity contribution is -0.141. The fourth-order valence-electron chi connectivity index (χ4n) is 4.14. The zero-order valence-corrected chi connectivity index (χ0v) is 23.6. The van der Waals surface area contributed by atoms with E-state index >= 15 is 0 Å². The Morgan fingerprint density at radius 3 is 2.37 bits per heavy atom. The lowest BCUT2D eigenvalue weighted by Gasteiger charge is -2.34. The molecule has 0 radical (unpaired) electrons. The highest BCUT2D eigenvalue weighted by Gasteiger charge is 2.33. The number of carbonyl (C=O) groups is 2. The minimum absolute atomic E-state index is 0.0881. The number of nitrogens with one attached hydrogen (secondary N) is 1. The smallest absolute Gasteiger partial charge is 0.244 e. The minimum Gasteiger partial charge on any atom is -0.497 e. The molecule has 0 fully saturated rings. The molecule has 0 saturated carbocycles.